The van der Waals surface area contributed by atoms with Gasteiger partial charge in [0.05, 0.1) is 36.9 Å². The molecule has 1 atom stereocenters. The van der Waals surface area contributed by atoms with Crippen LogP contribution in [-0.4, -0.2) is 55.7 Å². The lowest BCUT2D eigenvalue weighted by atomic mass is 10.0. The first-order chi connectivity index (χ1) is 13.6. The van der Waals surface area contributed by atoms with Crippen LogP contribution in [0.2, 0.25) is 0 Å². The van der Waals surface area contributed by atoms with Gasteiger partial charge in [-0.25, -0.2) is 0 Å². The summed E-state index contributed by atoms with van der Waals surface area (Å²) in [7, 11) is 1.43. The molecule has 0 spiro atoms. The van der Waals surface area contributed by atoms with E-state index in [1.165, 1.54) is 25.3 Å². The Balaban J connectivity index is 1.78. The third kappa shape index (κ3) is 4.65. The van der Waals surface area contributed by atoms with Crippen LogP contribution in [0.4, 0.5) is 5.69 Å². The minimum Gasteiger partial charge on any atom is -0.496 e. The first-order valence-corrected chi connectivity index (χ1v) is 9.07. The van der Waals surface area contributed by atoms with E-state index in [0.29, 0.717) is 25.5 Å². The van der Waals surface area contributed by atoms with Crippen molar-refractivity contribution in [3.8, 4) is 5.75 Å². The van der Waals surface area contributed by atoms with Crippen molar-refractivity contribution in [3.05, 3.63) is 69.8 Å². The lowest BCUT2D eigenvalue weighted by Crippen LogP contribution is -2.43. The maximum atomic E-state index is 12.8. The van der Waals surface area contributed by atoms with Gasteiger partial charge >= 0.3 is 0 Å². The molecule has 1 aliphatic rings. The Hall–Kier alpha value is -2.97. The van der Waals surface area contributed by atoms with Crippen molar-refractivity contribution in [3.63, 3.8) is 0 Å². The Morgan fingerprint density at radius 3 is 2.61 bits per heavy atom. The molecule has 0 radical (unpaired) electrons. The Morgan fingerprint density at radius 1 is 1.25 bits per heavy atom. The first-order valence-electron chi connectivity index (χ1n) is 9.07. The van der Waals surface area contributed by atoms with Crippen molar-refractivity contribution in [1.82, 2.24) is 10.2 Å². The van der Waals surface area contributed by atoms with Crippen LogP contribution >= 0.6 is 0 Å². The highest BCUT2D eigenvalue weighted by atomic mass is 16.6. The van der Waals surface area contributed by atoms with E-state index in [1.807, 2.05) is 30.3 Å². The van der Waals surface area contributed by atoms with Crippen molar-refractivity contribution in [2.24, 2.45) is 0 Å². The Bertz CT molecular complexity index is 822. The molecule has 8 nitrogen and oxygen atoms in total. The summed E-state index contributed by atoms with van der Waals surface area (Å²) in [6.07, 6.45) is 0. The SMILES string of the molecule is COc1ccc([N+](=O)[O-])cc1C(=O)NCC(c1ccccc1)N1CCOCC1. The molecule has 0 saturated carbocycles. The van der Waals surface area contributed by atoms with Crippen LogP contribution in [-0.2, 0) is 4.74 Å². The van der Waals surface area contributed by atoms with Gasteiger partial charge in [-0.3, -0.25) is 19.8 Å². The Morgan fingerprint density at radius 2 is 1.96 bits per heavy atom. The molecule has 1 unspecified atom stereocenters. The second-order valence-corrected chi connectivity index (χ2v) is 6.43. The molecule has 1 heterocycles. The average Bonchev–Trinajstić information content (AvgIpc) is 2.74. The number of hydrogen-bond donors (Lipinski definition) is 1. The summed E-state index contributed by atoms with van der Waals surface area (Å²) in [5.74, 6) is -0.111. The number of methoxy groups -OCH3 is 1. The molecule has 2 aromatic carbocycles. The normalized spacial score (nSPS) is 15.6. The van der Waals surface area contributed by atoms with Crippen LogP contribution in [0.3, 0.4) is 0 Å². The number of nitro benzene ring substituents is 1. The van der Waals surface area contributed by atoms with Crippen LogP contribution < -0.4 is 10.1 Å². The van der Waals surface area contributed by atoms with Crippen molar-refractivity contribution in [2.75, 3.05) is 40.0 Å². The van der Waals surface area contributed by atoms with Gasteiger partial charge in [0.15, 0.2) is 0 Å². The predicted molar refractivity (Wildman–Crippen MR) is 104 cm³/mol. The van der Waals surface area contributed by atoms with Crippen molar-refractivity contribution in [1.29, 1.82) is 0 Å². The van der Waals surface area contributed by atoms with Crippen LogP contribution in [0.15, 0.2) is 48.5 Å². The minimum absolute atomic E-state index is 0.0151. The average molecular weight is 385 g/mol. The Kier molecular flexibility index (Phi) is 6.57. The highest BCUT2D eigenvalue weighted by Crippen LogP contribution is 2.25. The number of amides is 1. The zero-order valence-electron chi connectivity index (χ0n) is 15.7. The summed E-state index contributed by atoms with van der Waals surface area (Å²) in [6.45, 7) is 3.21. The molecule has 2 aromatic rings. The second kappa shape index (κ2) is 9.29. The topological polar surface area (TPSA) is 93.9 Å². The third-order valence-corrected chi connectivity index (χ3v) is 4.77. The number of hydrogen-bond acceptors (Lipinski definition) is 6. The number of benzene rings is 2. The summed E-state index contributed by atoms with van der Waals surface area (Å²) < 4.78 is 10.6. The molecule has 1 N–H and O–H groups in total. The molecule has 0 bridgehead atoms. The van der Waals surface area contributed by atoms with E-state index < -0.39 is 10.8 Å². The molecule has 1 fully saturated rings. The monoisotopic (exact) mass is 385 g/mol. The highest BCUT2D eigenvalue weighted by molar-refractivity contribution is 5.97. The fourth-order valence-corrected chi connectivity index (χ4v) is 3.29. The number of nitrogens with one attached hydrogen (secondary N) is 1. The largest absolute Gasteiger partial charge is 0.496 e. The molecule has 148 valence electrons. The number of nitro groups is 1. The second-order valence-electron chi connectivity index (χ2n) is 6.43. The molecule has 0 aliphatic carbocycles. The van der Waals surface area contributed by atoms with E-state index in [4.69, 9.17) is 9.47 Å². The van der Waals surface area contributed by atoms with Crippen LogP contribution in [0.25, 0.3) is 0 Å². The van der Waals surface area contributed by atoms with Crippen LogP contribution in [0, 0.1) is 10.1 Å². The predicted octanol–water partition coefficient (Wildman–Crippen LogP) is 2.41. The minimum atomic E-state index is -0.531. The maximum absolute atomic E-state index is 12.8. The molecule has 1 aliphatic heterocycles. The smallest absolute Gasteiger partial charge is 0.270 e. The fraction of sp³-hybridized carbons (Fsp3) is 0.350. The zero-order valence-corrected chi connectivity index (χ0v) is 15.7. The quantitative estimate of drug-likeness (QED) is 0.581. The number of non-ortho nitro benzene ring substituents is 1. The van der Waals surface area contributed by atoms with Crippen LogP contribution in [0.5, 0.6) is 5.75 Å². The summed E-state index contributed by atoms with van der Waals surface area (Å²) in [5, 5.41) is 14.0. The molecular formula is C20H23N3O5. The van der Waals surface area contributed by atoms with Gasteiger partial charge < -0.3 is 14.8 Å². The molecule has 28 heavy (non-hydrogen) atoms. The number of carbonyl (C=O) groups excluding carboxylic acids is 1. The van der Waals surface area contributed by atoms with Crippen molar-refractivity contribution in [2.45, 2.75) is 6.04 Å². The van der Waals surface area contributed by atoms with Crippen molar-refractivity contribution < 1.29 is 19.2 Å². The number of nitrogens with zero attached hydrogens (tertiary/aromatic N) is 2. The molecule has 1 amide bonds. The first kappa shape index (κ1) is 19.8. The van der Waals surface area contributed by atoms with E-state index in [0.717, 1.165) is 18.7 Å². The lowest BCUT2D eigenvalue weighted by molar-refractivity contribution is -0.384. The zero-order chi connectivity index (χ0) is 19.9. The molecule has 8 heteroatoms. The fourth-order valence-electron chi connectivity index (χ4n) is 3.29. The molecule has 1 saturated heterocycles. The third-order valence-electron chi connectivity index (χ3n) is 4.77. The lowest BCUT2D eigenvalue weighted by Gasteiger charge is -2.35. The number of morpholine rings is 1. The van der Waals surface area contributed by atoms with Gasteiger partial charge in [-0.2, -0.15) is 0 Å². The van der Waals surface area contributed by atoms with Gasteiger partial charge in [-0.05, 0) is 11.6 Å². The van der Waals surface area contributed by atoms with E-state index >= 15 is 0 Å². The molecular weight excluding hydrogens is 362 g/mol. The van der Waals surface area contributed by atoms with Crippen LogP contribution in [0.1, 0.15) is 22.0 Å². The molecule has 3 rings (SSSR count). The standard InChI is InChI=1S/C20H23N3O5/c1-27-19-8-7-16(23(25)26)13-17(19)20(24)21-14-18(15-5-3-2-4-6-15)22-9-11-28-12-10-22/h2-8,13,18H,9-12,14H2,1H3,(H,21,24). The maximum Gasteiger partial charge on any atom is 0.270 e. The van der Waals surface area contributed by atoms with Crippen molar-refractivity contribution >= 4 is 11.6 Å². The summed E-state index contributed by atoms with van der Waals surface area (Å²) in [5.41, 5.74) is 1.08. The summed E-state index contributed by atoms with van der Waals surface area (Å²) in [6, 6.07) is 13.9. The van der Waals surface area contributed by atoms with Gasteiger partial charge in [0.1, 0.15) is 5.75 Å². The Labute approximate surface area is 163 Å². The van der Waals surface area contributed by atoms with E-state index in [9.17, 15) is 14.9 Å². The number of carbonyl (C=O) groups is 1. The molecule has 0 aromatic heterocycles. The summed E-state index contributed by atoms with van der Waals surface area (Å²) in [4.78, 5) is 25.5. The summed E-state index contributed by atoms with van der Waals surface area (Å²) >= 11 is 0. The van der Waals surface area contributed by atoms with E-state index in [-0.39, 0.29) is 17.3 Å². The number of ether oxygens (including phenoxy) is 2. The van der Waals surface area contributed by atoms with Gasteiger partial charge in [-0.15, -0.1) is 0 Å². The highest BCUT2D eigenvalue weighted by Gasteiger charge is 2.24. The van der Waals surface area contributed by atoms with Gasteiger partial charge in [-0.1, -0.05) is 30.3 Å². The van der Waals surface area contributed by atoms with Gasteiger partial charge in [0.2, 0.25) is 0 Å². The number of rotatable bonds is 7. The van der Waals surface area contributed by atoms with Gasteiger partial charge in [0, 0.05) is 31.8 Å². The van der Waals surface area contributed by atoms with E-state index in [1.54, 1.807) is 0 Å². The van der Waals surface area contributed by atoms with Gasteiger partial charge in [0.25, 0.3) is 11.6 Å². The van der Waals surface area contributed by atoms with E-state index in [2.05, 4.69) is 10.2 Å².